The largest absolute Gasteiger partial charge is 0.168 e. The molecule has 0 nitrogen and oxygen atoms in total. The summed E-state index contributed by atoms with van der Waals surface area (Å²) in [6.07, 6.45) is 5.48. The normalized spacial score (nSPS) is 26.9. The number of benzene rings is 1. The number of thioether (sulfide) groups is 1. The maximum Gasteiger partial charge on any atom is 0.0325 e. The molecule has 1 saturated carbocycles. The van der Waals surface area contributed by atoms with Crippen LogP contribution >= 0.6 is 37.0 Å². The van der Waals surface area contributed by atoms with Gasteiger partial charge < -0.3 is 0 Å². The SMILES string of the molecule is CC(C)(S)c1ccc(S)c2c1C1CCCCC1S2. The first-order chi connectivity index (χ1) is 8.48. The maximum absolute atomic E-state index is 4.80. The Balaban J connectivity index is 2.15. The predicted molar refractivity (Wildman–Crippen MR) is 86.6 cm³/mol. The van der Waals surface area contributed by atoms with Crippen molar-refractivity contribution >= 4 is 37.0 Å². The third kappa shape index (κ3) is 2.12. The van der Waals surface area contributed by atoms with Gasteiger partial charge >= 0.3 is 0 Å². The highest BCUT2D eigenvalue weighted by atomic mass is 32.2. The molecule has 0 N–H and O–H groups in total. The average molecular weight is 297 g/mol. The first kappa shape index (κ1) is 13.3. The molecule has 98 valence electrons. The Hall–Kier alpha value is 0.270. The summed E-state index contributed by atoms with van der Waals surface area (Å²) in [5.41, 5.74) is 2.98. The molecule has 2 aliphatic rings. The molecule has 1 heterocycles. The van der Waals surface area contributed by atoms with E-state index in [2.05, 4.69) is 50.4 Å². The van der Waals surface area contributed by atoms with Crippen molar-refractivity contribution in [2.75, 3.05) is 0 Å². The van der Waals surface area contributed by atoms with Crippen molar-refractivity contribution in [3.8, 4) is 0 Å². The Morgan fingerprint density at radius 1 is 1.22 bits per heavy atom. The molecule has 1 aliphatic heterocycles. The zero-order valence-corrected chi connectivity index (χ0v) is 13.5. The fraction of sp³-hybridized carbons (Fsp3) is 0.600. The topological polar surface area (TPSA) is 0 Å². The van der Waals surface area contributed by atoms with Crippen molar-refractivity contribution in [3.05, 3.63) is 23.3 Å². The van der Waals surface area contributed by atoms with Gasteiger partial charge in [0.25, 0.3) is 0 Å². The van der Waals surface area contributed by atoms with E-state index >= 15 is 0 Å². The molecule has 2 atom stereocenters. The van der Waals surface area contributed by atoms with Gasteiger partial charge in [-0.05, 0) is 49.8 Å². The summed E-state index contributed by atoms with van der Waals surface area (Å²) >= 11 is 11.5. The lowest BCUT2D eigenvalue weighted by Crippen LogP contribution is -2.19. The number of thiol groups is 2. The van der Waals surface area contributed by atoms with E-state index in [9.17, 15) is 0 Å². The number of rotatable bonds is 1. The van der Waals surface area contributed by atoms with E-state index in [0.29, 0.717) is 0 Å². The van der Waals surface area contributed by atoms with E-state index in [-0.39, 0.29) is 4.75 Å². The summed E-state index contributed by atoms with van der Waals surface area (Å²) in [7, 11) is 0. The zero-order valence-electron chi connectivity index (χ0n) is 10.9. The molecule has 1 fully saturated rings. The van der Waals surface area contributed by atoms with E-state index in [1.165, 1.54) is 36.1 Å². The Morgan fingerprint density at radius 3 is 2.67 bits per heavy atom. The summed E-state index contributed by atoms with van der Waals surface area (Å²) in [6, 6.07) is 4.39. The minimum Gasteiger partial charge on any atom is -0.168 e. The Labute approximate surface area is 125 Å². The molecule has 0 spiro atoms. The van der Waals surface area contributed by atoms with Gasteiger partial charge in [0.05, 0.1) is 0 Å². The molecule has 1 aromatic rings. The molecule has 0 amide bonds. The van der Waals surface area contributed by atoms with Crippen molar-refractivity contribution in [1.82, 2.24) is 0 Å². The van der Waals surface area contributed by atoms with Gasteiger partial charge in [0.15, 0.2) is 0 Å². The van der Waals surface area contributed by atoms with Gasteiger partial charge in [0.2, 0.25) is 0 Å². The molecule has 3 heteroatoms. The zero-order chi connectivity index (χ0) is 12.9. The molecule has 1 aromatic carbocycles. The number of hydrogen-bond donors (Lipinski definition) is 2. The van der Waals surface area contributed by atoms with Crippen LogP contribution in [-0.2, 0) is 4.75 Å². The highest BCUT2D eigenvalue weighted by Crippen LogP contribution is 2.56. The smallest absolute Gasteiger partial charge is 0.0325 e. The molecule has 0 saturated heterocycles. The molecule has 0 aromatic heterocycles. The lowest BCUT2D eigenvalue weighted by atomic mass is 9.80. The molecule has 2 unspecified atom stereocenters. The van der Waals surface area contributed by atoms with Gasteiger partial charge in [-0.2, -0.15) is 12.6 Å². The van der Waals surface area contributed by atoms with Gasteiger partial charge in [-0.1, -0.05) is 18.9 Å². The predicted octanol–water partition coefficient (Wildman–Crippen LogP) is 5.27. The van der Waals surface area contributed by atoms with Crippen LogP contribution in [-0.4, -0.2) is 5.25 Å². The van der Waals surface area contributed by atoms with E-state index in [0.717, 1.165) is 16.1 Å². The lowest BCUT2D eigenvalue weighted by molar-refractivity contribution is 0.456. The van der Waals surface area contributed by atoms with Gasteiger partial charge in [0, 0.05) is 19.8 Å². The maximum atomic E-state index is 4.80. The second kappa shape index (κ2) is 4.68. The summed E-state index contributed by atoms with van der Waals surface area (Å²) in [4.78, 5) is 2.60. The standard InChI is InChI=1S/C15H20S3/c1-15(2,17)10-7-8-11(16)14-13(10)9-5-3-4-6-12(9)18-14/h7-9,12,16-17H,3-6H2,1-2H3. The second-order valence-corrected chi connectivity index (χ2v) is 8.83. The van der Waals surface area contributed by atoms with Crippen LogP contribution in [0.5, 0.6) is 0 Å². The monoisotopic (exact) mass is 296 g/mol. The van der Waals surface area contributed by atoms with E-state index in [4.69, 9.17) is 12.6 Å². The van der Waals surface area contributed by atoms with Crippen molar-refractivity contribution in [1.29, 1.82) is 0 Å². The van der Waals surface area contributed by atoms with Gasteiger partial charge in [-0.15, -0.1) is 24.4 Å². The van der Waals surface area contributed by atoms with Crippen LogP contribution in [0.15, 0.2) is 21.9 Å². The molecular formula is C15H20S3. The van der Waals surface area contributed by atoms with Crippen LogP contribution in [0, 0.1) is 0 Å². The highest BCUT2D eigenvalue weighted by molar-refractivity contribution is 8.00. The van der Waals surface area contributed by atoms with Crippen LogP contribution < -0.4 is 0 Å². The van der Waals surface area contributed by atoms with Gasteiger partial charge in [-0.3, -0.25) is 0 Å². The molecule has 3 rings (SSSR count). The van der Waals surface area contributed by atoms with Gasteiger partial charge in [-0.25, -0.2) is 0 Å². The van der Waals surface area contributed by atoms with Crippen LogP contribution in [0.25, 0.3) is 0 Å². The molecule has 0 radical (unpaired) electrons. The van der Waals surface area contributed by atoms with Crippen LogP contribution in [0.1, 0.15) is 56.6 Å². The second-order valence-electron chi connectivity index (χ2n) is 5.98. The number of fused-ring (bicyclic) bond motifs is 3. The summed E-state index contributed by atoms with van der Waals surface area (Å²) in [5.74, 6) is 0.743. The van der Waals surface area contributed by atoms with Crippen molar-refractivity contribution < 1.29 is 0 Å². The quantitative estimate of drug-likeness (QED) is 0.666. The van der Waals surface area contributed by atoms with Crippen molar-refractivity contribution in [3.63, 3.8) is 0 Å². The Morgan fingerprint density at radius 2 is 1.94 bits per heavy atom. The third-order valence-electron chi connectivity index (χ3n) is 4.18. The molecule has 0 bridgehead atoms. The van der Waals surface area contributed by atoms with Crippen LogP contribution in [0.4, 0.5) is 0 Å². The fourth-order valence-corrected chi connectivity index (χ4v) is 5.48. The highest BCUT2D eigenvalue weighted by Gasteiger charge is 2.39. The van der Waals surface area contributed by atoms with Crippen LogP contribution in [0.3, 0.4) is 0 Å². The minimum atomic E-state index is -0.0571. The third-order valence-corrected chi connectivity index (χ3v) is 6.48. The van der Waals surface area contributed by atoms with Crippen molar-refractivity contribution in [2.24, 2.45) is 0 Å². The molecule has 1 aliphatic carbocycles. The summed E-state index contributed by atoms with van der Waals surface area (Å²) < 4.78 is -0.0571. The lowest BCUT2D eigenvalue weighted by Gasteiger charge is -2.29. The Bertz CT molecular complexity index is 473. The molecule has 18 heavy (non-hydrogen) atoms. The van der Waals surface area contributed by atoms with E-state index in [1.54, 1.807) is 5.56 Å². The van der Waals surface area contributed by atoms with Crippen LogP contribution in [0.2, 0.25) is 0 Å². The van der Waals surface area contributed by atoms with Gasteiger partial charge in [0.1, 0.15) is 0 Å². The van der Waals surface area contributed by atoms with E-state index in [1.807, 2.05) is 0 Å². The minimum absolute atomic E-state index is 0.0571. The summed E-state index contributed by atoms with van der Waals surface area (Å²) in [6.45, 7) is 4.40. The average Bonchev–Trinajstić information content (AvgIpc) is 2.68. The number of hydrogen-bond acceptors (Lipinski definition) is 3. The summed E-state index contributed by atoms with van der Waals surface area (Å²) in [5, 5.41) is 0.788. The molecular weight excluding hydrogens is 276 g/mol. The fourth-order valence-electron chi connectivity index (χ4n) is 3.33. The Kier molecular flexibility index (Phi) is 3.44. The van der Waals surface area contributed by atoms with E-state index < -0.39 is 0 Å². The van der Waals surface area contributed by atoms with Crippen molar-refractivity contribution in [2.45, 2.75) is 65.2 Å². The first-order valence-electron chi connectivity index (χ1n) is 6.74. The first-order valence-corrected chi connectivity index (χ1v) is 8.51.